The van der Waals surface area contributed by atoms with Gasteiger partial charge in [-0.25, -0.2) is 4.39 Å². The van der Waals surface area contributed by atoms with Gasteiger partial charge >= 0.3 is 0 Å². The molecule has 1 saturated heterocycles. The maximum Gasteiger partial charge on any atom is 0.253 e. The number of nitrogens with zero attached hydrogens (tertiary/aromatic N) is 2. The van der Waals surface area contributed by atoms with Crippen LogP contribution in [0.2, 0.25) is 0 Å². The molecule has 2 aromatic rings. The Bertz CT molecular complexity index is 884. The highest BCUT2D eigenvalue weighted by atomic mass is 31.0. The maximum atomic E-state index is 13.6. The van der Waals surface area contributed by atoms with Crippen LogP contribution in [0.4, 0.5) is 4.39 Å². The van der Waals surface area contributed by atoms with E-state index in [1.165, 1.54) is 44.6 Å². The highest BCUT2D eigenvalue weighted by Crippen LogP contribution is 2.26. The molecular weight excluding hydrogens is 422 g/mol. The minimum absolute atomic E-state index is 0.240. The minimum Gasteiger partial charge on any atom is -0.490 e. The molecule has 32 heavy (non-hydrogen) atoms. The van der Waals surface area contributed by atoms with Crippen molar-refractivity contribution in [2.24, 2.45) is 0 Å². The number of pyridine rings is 1. The van der Waals surface area contributed by atoms with Crippen molar-refractivity contribution in [1.82, 2.24) is 9.47 Å². The predicted octanol–water partition coefficient (Wildman–Crippen LogP) is 6.41. The van der Waals surface area contributed by atoms with Crippen molar-refractivity contribution in [3.63, 3.8) is 0 Å². The molecule has 1 aromatic heterocycles. The van der Waals surface area contributed by atoms with Crippen molar-refractivity contribution in [3.05, 3.63) is 52.9 Å². The summed E-state index contributed by atoms with van der Waals surface area (Å²) in [5.74, 6) is 0.863. The van der Waals surface area contributed by atoms with E-state index in [0.717, 1.165) is 47.4 Å². The van der Waals surface area contributed by atoms with E-state index in [4.69, 9.17) is 4.74 Å². The number of benzene rings is 1. The monoisotopic (exact) mass is 460 g/mol. The Labute approximate surface area is 194 Å². The molecule has 0 aliphatic carbocycles. The van der Waals surface area contributed by atoms with E-state index in [0.29, 0.717) is 6.04 Å². The van der Waals surface area contributed by atoms with Gasteiger partial charge in [0.05, 0.1) is 6.10 Å². The molecule has 0 radical (unpaired) electrons. The lowest BCUT2D eigenvalue weighted by molar-refractivity contribution is 0.167. The molecule has 1 aromatic carbocycles. The number of ether oxygens (including phenoxy) is 1. The van der Waals surface area contributed by atoms with Gasteiger partial charge in [-0.1, -0.05) is 54.0 Å². The molecular formula is C26H38FN2O2P. The van der Waals surface area contributed by atoms with Gasteiger partial charge in [0.25, 0.3) is 5.56 Å². The quantitative estimate of drug-likeness (QED) is 0.304. The third kappa shape index (κ3) is 7.15. The molecule has 6 heteroatoms. The molecule has 1 aliphatic rings. The molecule has 1 fully saturated rings. The summed E-state index contributed by atoms with van der Waals surface area (Å²) in [6, 6.07) is 10.2. The van der Waals surface area contributed by atoms with Crippen LogP contribution in [0.5, 0.6) is 5.75 Å². The van der Waals surface area contributed by atoms with Gasteiger partial charge in [0.2, 0.25) is 0 Å². The molecule has 3 rings (SSSR count). The molecule has 0 N–H and O–H groups in total. The lowest BCUT2D eigenvalue weighted by Gasteiger charge is -2.27. The Morgan fingerprint density at radius 1 is 1.06 bits per heavy atom. The fourth-order valence-corrected chi connectivity index (χ4v) is 4.71. The van der Waals surface area contributed by atoms with Crippen molar-refractivity contribution >= 4 is 9.24 Å². The lowest BCUT2D eigenvalue weighted by atomic mass is 10.1. The second-order valence-corrected chi connectivity index (χ2v) is 9.52. The van der Waals surface area contributed by atoms with Crippen LogP contribution in [0.1, 0.15) is 71.3 Å². The van der Waals surface area contributed by atoms with Crippen molar-refractivity contribution in [1.29, 1.82) is 0 Å². The second-order valence-electron chi connectivity index (χ2n) is 8.97. The summed E-state index contributed by atoms with van der Waals surface area (Å²) in [5, 5.41) is 0. The Kier molecular flexibility index (Phi) is 9.74. The largest absolute Gasteiger partial charge is 0.490 e. The first kappa shape index (κ1) is 24.9. The molecule has 0 amide bonds. The van der Waals surface area contributed by atoms with Gasteiger partial charge in [0, 0.05) is 24.8 Å². The van der Waals surface area contributed by atoms with E-state index in [2.05, 4.69) is 18.7 Å². The van der Waals surface area contributed by atoms with E-state index in [1.807, 2.05) is 33.5 Å². The number of unbranched alkanes of at least 4 members (excludes halogenated alkanes) is 3. The number of rotatable bonds is 10. The van der Waals surface area contributed by atoms with Crippen LogP contribution in [-0.4, -0.2) is 34.7 Å². The van der Waals surface area contributed by atoms with Crippen LogP contribution in [-0.2, 0) is 0 Å². The van der Waals surface area contributed by atoms with Crippen LogP contribution < -0.4 is 10.3 Å². The topological polar surface area (TPSA) is 34.5 Å². The zero-order valence-corrected chi connectivity index (χ0v) is 20.7. The average molecular weight is 461 g/mol. The number of halogens is 1. The molecule has 1 aliphatic heterocycles. The Hall–Kier alpha value is -1.71. The fourth-order valence-electron chi connectivity index (χ4n) is 4.48. The van der Waals surface area contributed by atoms with E-state index in [1.54, 1.807) is 12.3 Å². The molecule has 4 nitrogen and oxygen atoms in total. The molecule has 4 atom stereocenters. The van der Waals surface area contributed by atoms with Gasteiger partial charge in [-0.15, -0.1) is 0 Å². The van der Waals surface area contributed by atoms with Gasteiger partial charge in [0.15, 0.2) is 6.04 Å². The average Bonchev–Trinajstić information content (AvgIpc) is 3.03. The molecule has 4 unspecified atom stereocenters. The Morgan fingerprint density at radius 2 is 1.81 bits per heavy atom. The molecule has 0 saturated carbocycles. The number of alkyl halides is 1. The number of hydrogen-bond donors (Lipinski definition) is 0. The number of aromatic nitrogens is 1. The minimum atomic E-state index is -1.43. The van der Waals surface area contributed by atoms with E-state index >= 15 is 0 Å². The van der Waals surface area contributed by atoms with E-state index < -0.39 is 6.04 Å². The Morgan fingerprint density at radius 3 is 2.53 bits per heavy atom. The van der Waals surface area contributed by atoms with E-state index in [-0.39, 0.29) is 11.7 Å². The first-order valence-electron chi connectivity index (χ1n) is 12.1. The lowest BCUT2D eigenvalue weighted by Crippen LogP contribution is -2.34. The normalized spacial score (nSPS) is 19.3. The summed E-state index contributed by atoms with van der Waals surface area (Å²) < 4.78 is 21.0. The van der Waals surface area contributed by atoms with Crippen molar-refractivity contribution < 1.29 is 9.13 Å². The fraction of sp³-hybridized carbons (Fsp3) is 0.577. The van der Waals surface area contributed by atoms with Crippen molar-refractivity contribution in [2.45, 2.75) is 83.4 Å². The van der Waals surface area contributed by atoms with Crippen LogP contribution in [0, 0.1) is 0 Å². The zero-order chi connectivity index (χ0) is 22.9. The van der Waals surface area contributed by atoms with E-state index in [9.17, 15) is 9.18 Å². The summed E-state index contributed by atoms with van der Waals surface area (Å²) in [7, 11) is 2.01. The maximum absolute atomic E-state index is 13.6. The molecule has 0 bridgehead atoms. The van der Waals surface area contributed by atoms with Gasteiger partial charge in [-0.2, -0.15) is 0 Å². The van der Waals surface area contributed by atoms with Crippen LogP contribution in [0.25, 0.3) is 11.1 Å². The summed E-state index contributed by atoms with van der Waals surface area (Å²) in [5.41, 5.74) is 1.38. The molecule has 176 valence electrons. The number of likely N-dealkylation sites (tertiary alicyclic amines) is 1. The molecule has 0 spiro atoms. The number of hydrogen-bond acceptors (Lipinski definition) is 3. The smallest absolute Gasteiger partial charge is 0.253 e. The Balaban J connectivity index is 1.53. The summed E-state index contributed by atoms with van der Waals surface area (Å²) in [6.45, 7) is 6.89. The van der Waals surface area contributed by atoms with Crippen LogP contribution >= 0.6 is 9.24 Å². The van der Waals surface area contributed by atoms with Gasteiger partial charge in [-0.3, -0.25) is 9.36 Å². The first-order valence-corrected chi connectivity index (χ1v) is 12.8. The van der Waals surface area contributed by atoms with Gasteiger partial charge in [0.1, 0.15) is 5.75 Å². The summed E-state index contributed by atoms with van der Waals surface area (Å²) in [6.07, 6.45) is 11.7. The van der Waals surface area contributed by atoms with Crippen LogP contribution in [0.3, 0.4) is 0 Å². The highest BCUT2D eigenvalue weighted by molar-refractivity contribution is 7.16. The van der Waals surface area contributed by atoms with Gasteiger partial charge in [-0.05, 0) is 68.5 Å². The second kappa shape index (κ2) is 12.5. The third-order valence-corrected chi connectivity index (χ3v) is 6.82. The highest BCUT2D eigenvalue weighted by Gasteiger charge is 2.21. The zero-order valence-electron chi connectivity index (χ0n) is 19.5. The third-order valence-electron chi connectivity index (χ3n) is 6.50. The standard InChI is InChI=1S/C26H38FN2O2P/c1-3-4-5-6-8-20(2)28-17-7-9-23(16-18-28)31-24-13-10-21(11-14-24)22-12-15-25(30)29(19-22)26(27)32/h10-15,19-20,23,26H,3-9,16-18,32H2,1-2H3. The van der Waals surface area contributed by atoms with Crippen molar-refractivity contribution in [2.75, 3.05) is 13.1 Å². The summed E-state index contributed by atoms with van der Waals surface area (Å²) in [4.78, 5) is 14.4. The first-order chi connectivity index (χ1) is 15.5. The van der Waals surface area contributed by atoms with Crippen LogP contribution in [0.15, 0.2) is 47.4 Å². The SMILES string of the molecule is CCCCCCC(C)N1CCCC(Oc2ccc(-c3ccc(=O)n(C(F)P)c3)cc2)CC1. The van der Waals surface area contributed by atoms with Gasteiger partial charge < -0.3 is 9.64 Å². The predicted molar refractivity (Wildman–Crippen MR) is 134 cm³/mol. The van der Waals surface area contributed by atoms with Crippen molar-refractivity contribution in [3.8, 4) is 16.9 Å². The molecule has 2 heterocycles. The summed E-state index contributed by atoms with van der Waals surface area (Å²) >= 11 is 0.